The molecule has 2 heterocycles. The summed E-state index contributed by atoms with van der Waals surface area (Å²) in [6.45, 7) is 0.299. The molecule has 3 aromatic rings. The highest BCUT2D eigenvalue weighted by Crippen LogP contribution is 2.40. The molecule has 2 N–H and O–H groups in total. The van der Waals surface area contributed by atoms with E-state index < -0.39 is 27.8 Å². The molecule has 1 aromatic heterocycles. The molecule has 0 radical (unpaired) electrons. The van der Waals surface area contributed by atoms with Crippen LogP contribution in [0, 0.1) is 18.2 Å². The largest absolute Gasteiger partial charge is 0.497 e. The minimum atomic E-state index is -3.81. The van der Waals surface area contributed by atoms with E-state index in [2.05, 4.69) is 15.6 Å². The van der Waals surface area contributed by atoms with Gasteiger partial charge in [0.1, 0.15) is 17.6 Å². The molecule has 1 atom stereocenters. The number of aromatic amines is 1. The summed E-state index contributed by atoms with van der Waals surface area (Å²) in [5, 5.41) is 0.926. The molecule has 1 aliphatic carbocycles. The van der Waals surface area contributed by atoms with Crippen LogP contribution in [-0.4, -0.2) is 43.9 Å². The summed E-state index contributed by atoms with van der Waals surface area (Å²) in [6, 6.07) is 8.45. The van der Waals surface area contributed by atoms with E-state index in [9.17, 15) is 13.2 Å². The van der Waals surface area contributed by atoms with Gasteiger partial charge in [0.2, 0.25) is 10.0 Å². The number of benzene rings is 2. The van der Waals surface area contributed by atoms with Crippen molar-refractivity contribution in [3.05, 3.63) is 59.0 Å². The van der Waals surface area contributed by atoms with Gasteiger partial charge in [0.05, 0.1) is 12.0 Å². The monoisotopic (exact) mass is 467 g/mol. The quantitative estimate of drug-likeness (QED) is 0.565. The van der Waals surface area contributed by atoms with Crippen molar-refractivity contribution in [2.45, 2.75) is 36.2 Å². The third-order valence-electron chi connectivity index (χ3n) is 6.19. The SMILES string of the molecule is C#CC(=O)N1CCc2c([nH]c3ccc(OC)cc23)[C@@H]1c1ccc(S(=O)(=O)NC2CC2)cc1F. The van der Waals surface area contributed by atoms with Crippen molar-refractivity contribution >= 4 is 26.8 Å². The van der Waals surface area contributed by atoms with Gasteiger partial charge in [0.25, 0.3) is 5.91 Å². The Balaban J connectivity index is 1.63. The zero-order valence-electron chi connectivity index (χ0n) is 17.9. The fourth-order valence-corrected chi connectivity index (χ4v) is 5.72. The number of aromatic nitrogens is 1. The lowest BCUT2D eigenvalue weighted by molar-refractivity contribution is -0.127. The normalized spacial score (nSPS) is 18.1. The highest BCUT2D eigenvalue weighted by atomic mass is 32.2. The zero-order chi connectivity index (χ0) is 23.3. The van der Waals surface area contributed by atoms with E-state index in [1.807, 2.05) is 18.2 Å². The van der Waals surface area contributed by atoms with Gasteiger partial charge in [-0.3, -0.25) is 4.79 Å². The Morgan fingerprint density at radius 1 is 1.27 bits per heavy atom. The summed E-state index contributed by atoms with van der Waals surface area (Å²) >= 11 is 0. The minimum Gasteiger partial charge on any atom is -0.497 e. The predicted octanol–water partition coefficient (Wildman–Crippen LogP) is 2.86. The summed E-state index contributed by atoms with van der Waals surface area (Å²) in [4.78, 5) is 17.2. The Morgan fingerprint density at radius 2 is 2.06 bits per heavy atom. The Bertz CT molecular complexity index is 1420. The number of H-pyrrole nitrogens is 1. The fraction of sp³-hybridized carbons (Fsp3) is 0.292. The fourth-order valence-electron chi connectivity index (χ4n) is 4.41. The van der Waals surface area contributed by atoms with E-state index in [1.165, 1.54) is 17.0 Å². The van der Waals surface area contributed by atoms with Crippen LogP contribution in [0.4, 0.5) is 4.39 Å². The lowest BCUT2D eigenvalue weighted by Gasteiger charge is -2.35. The number of nitrogens with one attached hydrogen (secondary N) is 2. The minimum absolute atomic E-state index is 0.0919. The molecule has 0 bridgehead atoms. The zero-order valence-corrected chi connectivity index (χ0v) is 18.7. The smallest absolute Gasteiger partial charge is 0.299 e. The molecule has 1 aliphatic heterocycles. The van der Waals surface area contributed by atoms with Crippen LogP contribution in [0.25, 0.3) is 10.9 Å². The molecule has 1 amide bonds. The van der Waals surface area contributed by atoms with Crippen LogP contribution in [0.1, 0.15) is 35.7 Å². The standard InChI is InChI=1S/C24H22FN3O4S/c1-3-22(29)28-11-10-17-19-12-15(32-2)6-9-21(19)26-23(17)24(28)18-8-7-16(13-20(18)25)33(30,31)27-14-4-5-14/h1,6-9,12-14,24,26-27H,4-5,10-11H2,2H3/t24-/m0/s1. The number of hydrogen-bond acceptors (Lipinski definition) is 4. The molecule has 170 valence electrons. The first kappa shape index (κ1) is 21.5. The summed E-state index contributed by atoms with van der Waals surface area (Å²) in [6.07, 6.45) is 7.49. The maximum Gasteiger partial charge on any atom is 0.299 e. The number of fused-ring (bicyclic) bond motifs is 3. The second kappa shape index (κ2) is 7.90. The third-order valence-corrected chi connectivity index (χ3v) is 7.71. The summed E-state index contributed by atoms with van der Waals surface area (Å²) < 4.78 is 48.4. The molecule has 7 nitrogen and oxygen atoms in total. The van der Waals surface area contributed by atoms with Crippen LogP contribution in [0.5, 0.6) is 5.75 Å². The van der Waals surface area contributed by atoms with Gasteiger partial charge in [-0.2, -0.15) is 0 Å². The molecule has 0 spiro atoms. The highest BCUT2D eigenvalue weighted by molar-refractivity contribution is 7.89. The van der Waals surface area contributed by atoms with Crippen molar-refractivity contribution in [1.29, 1.82) is 0 Å². The topological polar surface area (TPSA) is 91.5 Å². The molecule has 1 saturated carbocycles. The molecule has 1 fully saturated rings. The van der Waals surface area contributed by atoms with Gasteiger partial charge >= 0.3 is 0 Å². The molecule has 9 heteroatoms. The van der Waals surface area contributed by atoms with E-state index in [1.54, 1.807) is 7.11 Å². The maximum absolute atomic E-state index is 15.4. The van der Waals surface area contributed by atoms with Gasteiger partial charge in [0.15, 0.2) is 0 Å². The van der Waals surface area contributed by atoms with Crippen LogP contribution in [0.2, 0.25) is 0 Å². The van der Waals surface area contributed by atoms with Crippen molar-refractivity contribution in [3.8, 4) is 18.1 Å². The first-order chi connectivity index (χ1) is 15.8. The second-order valence-corrected chi connectivity index (χ2v) is 10.0. The number of amides is 1. The van der Waals surface area contributed by atoms with E-state index >= 15 is 4.39 Å². The van der Waals surface area contributed by atoms with Crippen LogP contribution in [0.15, 0.2) is 41.3 Å². The first-order valence-corrected chi connectivity index (χ1v) is 12.1. The maximum atomic E-state index is 15.4. The van der Waals surface area contributed by atoms with E-state index in [0.717, 1.165) is 35.4 Å². The van der Waals surface area contributed by atoms with Crippen molar-refractivity contribution in [1.82, 2.24) is 14.6 Å². The number of sulfonamides is 1. The molecule has 2 aromatic carbocycles. The average molecular weight is 468 g/mol. The lowest BCUT2D eigenvalue weighted by atomic mass is 9.92. The Hall–Kier alpha value is -3.35. The Morgan fingerprint density at radius 3 is 2.73 bits per heavy atom. The third kappa shape index (κ3) is 3.75. The number of nitrogens with zero attached hydrogens (tertiary/aromatic N) is 1. The van der Waals surface area contributed by atoms with E-state index in [0.29, 0.717) is 24.4 Å². The average Bonchev–Trinajstić information content (AvgIpc) is 3.54. The number of hydrogen-bond donors (Lipinski definition) is 2. The second-order valence-electron chi connectivity index (χ2n) is 8.30. The van der Waals surface area contributed by atoms with Crippen molar-refractivity contribution < 1.29 is 22.3 Å². The van der Waals surface area contributed by atoms with Crippen LogP contribution in [-0.2, 0) is 21.2 Å². The number of carbonyl (C=O) groups excluding carboxylic acids is 1. The van der Waals surface area contributed by atoms with E-state index in [-0.39, 0.29) is 16.5 Å². The Kier molecular flexibility index (Phi) is 5.15. The number of ether oxygens (including phenoxy) is 1. The number of terminal acetylenes is 1. The molecule has 0 unspecified atom stereocenters. The predicted molar refractivity (Wildman–Crippen MR) is 121 cm³/mol. The van der Waals surface area contributed by atoms with Gasteiger partial charge in [-0.05, 0) is 61.1 Å². The van der Waals surface area contributed by atoms with Gasteiger partial charge in [0, 0.05) is 34.7 Å². The van der Waals surface area contributed by atoms with Gasteiger partial charge in [-0.1, -0.05) is 6.07 Å². The van der Waals surface area contributed by atoms with Gasteiger partial charge < -0.3 is 14.6 Å². The molecular formula is C24H22FN3O4S. The van der Waals surface area contributed by atoms with Crippen LogP contribution < -0.4 is 9.46 Å². The van der Waals surface area contributed by atoms with Crippen molar-refractivity contribution in [2.75, 3.05) is 13.7 Å². The molecule has 0 saturated heterocycles. The van der Waals surface area contributed by atoms with Gasteiger partial charge in [-0.25, -0.2) is 17.5 Å². The number of halogens is 1. The molecule has 5 rings (SSSR count). The van der Waals surface area contributed by atoms with Crippen molar-refractivity contribution in [3.63, 3.8) is 0 Å². The highest BCUT2D eigenvalue weighted by Gasteiger charge is 2.36. The van der Waals surface area contributed by atoms with Crippen LogP contribution in [0.3, 0.4) is 0 Å². The summed E-state index contributed by atoms with van der Waals surface area (Å²) in [7, 11) is -2.23. The summed E-state index contributed by atoms with van der Waals surface area (Å²) in [5.74, 6) is 1.53. The summed E-state index contributed by atoms with van der Waals surface area (Å²) in [5.41, 5.74) is 2.60. The van der Waals surface area contributed by atoms with Crippen molar-refractivity contribution in [2.24, 2.45) is 0 Å². The first-order valence-electron chi connectivity index (χ1n) is 10.6. The van der Waals surface area contributed by atoms with Crippen LogP contribution >= 0.6 is 0 Å². The Labute approximate surface area is 191 Å². The molecule has 2 aliphatic rings. The molecular weight excluding hydrogens is 445 g/mol. The molecule has 33 heavy (non-hydrogen) atoms. The number of carbonyl (C=O) groups is 1. The lowest BCUT2D eigenvalue weighted by Crippen LogP contribution is -2.40. The number of rotatable bonds is 5. The number of methoxy groups -OCH3 is 1. The van der Waals surface area contributed by atoms with E-state index in [4.69, 9.17) is 11.2 Å². The van der Waals surface area contributed by atoms with Gasteiger partial charge in [-0.15, -0.1) is 6.42 Å².